The van der Waals surface area contributed by atoms with Crippen LogP contribution in [0.4, 0.5) is 0 Å². The highest BCUT2D eigenvalue weighted by Gasteiger charge is 2.10. The van der Waals surface area contributed by atoms with Gasteiger partial charge in [0.05, 0.1) is 13.2 Å². The van der Waals surface area contributed by atoms with Gasteiger partial charge in [0, 0.05) is 12.1 Å². The number of hydrogen-bond donors (Lipinski definition) is 1. The van der Waals surface area contributed by atoms with Crippen LogP contribution in [0.3, 0.4) is 0 Å². The average Bonchev–Trinajstić information content (AvgIpc) is 2.21. The summed E-state index contributed by atoms with van der Waals surface area (Å²) in [5.74, 6) is 0. The van der Waals surface area contributed by atoms with Crippen molar-refractivity contribution in [2.45, 2.75) is 13.8 Å². The minimum Gasteiger partial charge on any atom is -0.324 e. The van der Waals surface area contributed by atoms with Crippen LogP contribution in [-0.2, 0) is 20.9 Å². The van der Waals surface area contributed by atoms with E-state index in [1.165, 1.54) is 0 Å². The second-order valence-electron chi connectivity index (χ2n) is 2.38. The van der Waals surface area contributed by atoms with Crippen molar-refractivity contribution < 1.29 is 18.9 Å². The van der Waals surface area contributed by atoms with E-state index in [4.69, 9.17) is 13.9 Å². The Morgan fingerprint density at radius 3 is 1.80 bits per heavy atom. The van der Waals surface area contributed by atoms with Crippen molar-refractivity contribution in [1.82, 2.24) is 0 Å². The Morgan fingerprint density at radius 1 is 1.13 bits per heavy atom. The molecule has 1 aromatic heterocycles. The van der Waals surface area contributed by atoms with E-state index in [9.17, 15) is 0 Å². The molecule has 1 heterocycles. The minimum absolute atomic E-state index is 0.397. The number of aromatic nitrogens is 1. The van der Waals surface area contributed by atoms with Crippen LogP contribution in [0.25, 0.3) is 0 Å². The summed E-state index contributed by atoms with van der Waals surface area (Å²) < 4.78 is 9.46. The molecule has 2 N–H and O–H groups in total. The van der Waals surface area contributed by atoms with Crippen LogP contribution in [0.15, 0.2) is 30.6 Å². The Balaban J connectivity index is 0.000000280. The number of aromatic amines is 1. The van der Waals surface area contributed by atoms with Crippen LogP contribution in [0, 0.1) is 0 Å². The largest absolute Gasteiger partial charge is 0.324 e. The van der Waals surface area contributed by atoms with E-state index in [1.807, 2.05) is 30.6 Å². The lowest BCUT2D eigenvalue weighted by Crippen LogP contribution is -1.93. The lowest BCUT2D eigenvalue weighted by molar-refractivity contribution is -0.377. The van der Waals surface area contributed by atoms with Gasteiger partial charge >= 0.3 is 6.72 Å². The summed E-state index contributed by atoms with van der Waals surface area (Å²) in [6.07, 6.45) is 3.75. The fourth-order valence-corrected chi connectivity index (χ4v) is 2.07. The van der Waals surface area contributed by atoms with Crippen molar-refractivity contribution in [3.05, 3.63) is 30.6 Å². The van der Waals surface area contributed by atoms with Gasteiger partial charge in [-0.15, -0.1) is 0 Å². The molecule has 1 aromatic rings. The fraction of sp³-hybridized carbons (Fsp3) is 0.444. The zero-order valence-corrected chi connectivity index (χ0v) is 10.6. The van der Waals surface area contributed by atoms with E-state index in [2.05, 4.69) is 16.8 Å². The number of nitrogens with one attached hydrogen (secondary N) is 1. The van der Waals surface area contributed by atoms with Crippen molar-refractivity contribution in [2.75, 3.05) is 13.2 Å². The molecule has 0 aliphatic rings. The molecule has 0 unspecified atom stereocenters. The molecule has 0 aromatic carbocycles. The standard InChI is InChI=1S/C5H5N.C4H11O3PS/c1-2-4-6-5-3-1;1-3-6-8(5,9)7-4-2/h1-5H;3-4H2,1-2H3,(H,5,9)/p+1. The molecule has 0 radical (unpaired) electrons. The Kier molecular flexibility index (Phi) is 8.76. The third kappa shape index (κ3) is 9.97. The Hall–Kier alpha value is -0.320. The molecule has 0 aliphatic heterocycles. The van der Waals surface area contributed by atoms with Gasteiger partial charge in [0.25, 0.3) is 0 Å². The zero-order valence-electron chi connectivity index (χ0n) is 8.92. The van der Waals surface area contributed by atoms with Crippen molar-refractivity contribution in [1.29, 1.82) is 0 Å². The normalized spacial score (nSPS) is 10.3. The zero-order chi connectivity index (χ0) is 11.6. The minimum atomic E-state index is -2.86. The highest BCUT2D eigenvalue weighted by Crippen LogP contribution is 2.42. The van der Waals surface area contributed by atoms with Gasteiger partial charge < -0.3 is 13.9 Å². The Labute approximate surface area is 95.5 Å². The second kappa shape index (κ2) is 8.95. The second-order valence-corrected chi connectivity index (χ2v) is 5.22. The summed E-state index contributed by atoms with van der Waals surface area (Å²) >= 11 is 4.56. The molecular weight excluding hydrogens is 233 g/mol. The molecule has 0 saturated carbocycles. The number of H-pyrrole nitrogens is 1. The molecule has 0 fully saturated rings. The van der Waals surface area contributed by atoms with Gasteiger partial charge in [-0.25, -0.2) is 4.98 Å². The third-order valence-electron chi connectivity index (χ3n) is 1.19. The van der Waals surface area contributed by atoms with Gasteiger partial charge in [-0.05, 0) is 25.7 Å². The summed E-state index contributed by atoms with van der Waals surface area (Å²) in [6, 6.07) is 5.86. The van der Waals surface area contributed by atoms with E-state index in [1.54, 1.807) is 13.8 Å². The molecule has 0 amide bonds. The van der Waals surface area contributed by atoms with Crippen molar-refractivity contribution in [2.24, 2.45) is 0 Å². The van der Waals surface area contributed by atoms with E-state index < -0.39 is 6.72 Å². The maximum absolute atomic E-state index is 9.00. The molecule has 86 valence electrons. The molecule has 6 heteroatoms. The monoisotopic (exact) mass is 250 g/mol. The predicted octanol–water partition coefficient (Wildman–Crippen LogP) is 1.78. The lowest BCUT2D eigenvalue weighted by atomic mass is 10.5. The molecule has 1 rings (SSSR count). The van der Waals surface area contributed by atoms with E-state index >= 15 is 0 Å². The maximum Gasteiger partial charge on any atom is 0.324 e. The summed E-state index contributed by atoms with van der Waals surface area (Å²) in [4.78, 5) is 11.9. The first-order chi connectivity index (χ1) is 7.12. The molecule has 0 atom stereocenters. The highest BCUT2D eigenvalue weighted by molar-refractivity contribution is 8.07. The summed E-state index contributed by atoms with van der Waals surface area (Å²) in [7, 11) is 0. The first kappa shape index (κ1) is 14.7. The van der Waals surface area contributed by atoms with Gasteiger partial charge in [-0.3, -0.25) is 0 Å². The van der Waals surface area contributed by atoms with Crippen LogP contribution in [0.2, 0.25) is 0 Å². The van der Waals surface area contributed by atoms with Crippen molar-refractivity contribution >= 4 is 18.5 Å². The van der Waals surface area contributed by atoms with Gasteiger partial charge in [0.2, 0.25) is 0 Å². The summed E-state index contributed by atoms with van der Waals surface area (Å²) in [5.41, 5.74) is 0. The number of hydrogen-bond acceptors (Lipinski definition) is 3. The fourth-order valence-electron chi connectivity index (χ4n) is 0.705. The Bertz CT molecular complexity index is 247. The van der Waals surface area contributed by atoms with E-state index in [-0.39, 0.29) is 0 Å². The third-order valence-corrected chi connectivity index (χ3v) is 2.99. The smallest absolute Gasteiger partial charge is 0.324 e. The molecule has 0 saturated heterocycles. The van der Waals surface area contributed by atoms with Crippen molar-refractivity contribution in [3.8, 4) is 0 Å². The number of rotatable bonds is 4. The molecule has 0 spiro atoms. The topological polar surface area (TPSA) is 52.8 Å². The van der Waals surface area contributed by atoms with Crippen LogP contribution in [0.1, 0.15) is 13.8 Å². The Morgan fingerprint density at radius 2 is 1.60 bits per heavy atom. The highest BCUT2D eigenvalue weighted by atomic mass is 32.5. The molecule has 15 heavy (non-hydrogen) atoms. The van der Waals surface area contributed by atoms with Crippen LogP contribution >= 0.6 is 6.72 Å². The van der Waals surface area contributed by atoms with Gasteiger partial charge in [0.15, 0.2) is 12.4 Å². The maximum atomic E-state index is 9.00. The quantitative estimate of drug-likeness (QED) is 0.827. The van der Waals surface area contributed by atoms with Crippen LogP contribution in [-0.4, -0.2) is 18.1 Å². The number of pyridine rings is 1. The summed E-state index contributed by atoms with van der Waals surface area (Å²) in [6.45, 7) is 1.45. The first-order valence-electron chi connectivity index (χ1n) is 4.65. The van der Waals surface area contributed by atoms with Gasteiger partial charge in [-0.2, -0.15) is 0 Å². The molecule has 0 aliphatic carbocycles. The van der Waals surface area contributed by atoms with Gasteiger partial charge in [0.1, 0.15) is 0 Å². The first-order valence-corrected chi connectivity index (χ1v) is 7.24. The van der Waals surface area contributed by atoms with E-state index in [0.29, 0.717) is 13.2 Å². The van der Waals surface area contributed by atoms with Crippen LogP contribution < -0.4 is 4.98 Å². The lowest BCUT2D eigenvalue weighted by Gasteiger charge is -2.12. The average molecular weight is 250 g/mol. The molecule has 0 bridgehead atoms. The van der Waals surface area contributed by atoms with Crippen LogP contribution in [0.5, 0.6) is 0 Å². The SMILES string of the molecule is CCOP(O)(=S)OCC.c1cc[nH+]cc1. The van der Waals surface area contributed by atoms with Gasteiger partial charge in [-0.1, -0.05) is 6.07 Å². The molecular formula is C9H17NO3PS+. The van der Waals surface area contributed by atoms with E-state index in [0.717, 1.165) is 0 Å². The summed E-state index contributed by atoms with van der Waals surface area (Å²) in [5, 5.41) is 0. The molecule has 4 nitrogen and oxygen atoms in total. The van der Waals surface area contributed by atoms with Crippen molar-refractivity contribution in [3.63, 3.8) is 0 Å². The predicted molar refractivity (Wildman–Crippen MR) is 62.8 cm³/mol.